The van der Waals surface area contributed by atoms with Gasteiger partial charge in [-0.25, -0.2) is 0 Å². The molecule has 1 aliphatic heterocycles. The number of hydrogen-bond donors (Lipinski definition) is 0. The number of carbonyl (C=O) groups is 1. The van der Waals surface area contributed by atoms with Gasteiger partial charge in [0.1, 0.15) is 0 Å². The van der Waals surface area contributed by atoms with E-state index < -0.39 is 0 Å². The molecule has 0 N–H and O–H groups in total. The summed E-state index contributed by atoms with van der Waals surface area (Å²) in [5, 5.41) is 0. The van der Waals surface area contributed by atoms with Crippen molar-refractivity contribution in [2.24, 2.45) is 0 Å². The molecule has 0 bridgehead atoms. The number of carbonyl (C=O) groups excluding carboxylic acids is 1. The molecule has 4 nitrogen and oxygen atoms in total. The molecule has 0 radical (unpaired) electrons. The number of rotatable bonds is 11. The molecule has 5 rings (SSSR count). The molecule has 0 saturated carbocycles. The monoisotopic (exact) mass is 571 g/mol. The molecule has 5 heteroatoms. The van der Waals surface area contributed by atoms with Gasteiger partial charge in [0, 0.05) is 0 Å². The van der Waals surface area contributed by atoms with Crippen molar-refractivity contribution in [2.45, 2.75) is 43.1 Å². The normalized spacial score (nSPS) is 19.4. The van der Waals surface area contributed by atoms with Crippen LogP contribution in [-0.4, -0.2) is 44.5 Å². The Morgan fingerprint density at radius 1 is 0.684 bits per heavy atom. The number of benzene rings is 4. The Kier molecular flexibility index (Phi) is 9.41. The van der Waals surface area contributed by atoms with Gasteiger partial charge in [0.2, 0.25) is 0 Å². The standard InChI is InChI=1S/C33H33NO3Se/c35-33-32(38-29-19-11-4-12-20-29)21-31(37-24-28-17-9-3-10-18-28)30(25-36-23-27-15-7-2-8-16-27)34(33)22-26-13-5-1-6-14-26/h1-20,30-32H,21-25H2/t30-,31+,32?/m1/s1. The molecule has 0 aromatic heterocycles. The van der Waals surface area contributed by atoms with Crippen LogP contribution in [0.15, 0.2) is 121 Å². The maximum absolute atomic E-state index is 14.0. The van der Waals surface area contributed by atoms with Crippen LogP contribution in [0.1, 0.15) is 23.1 Å². The van der Waals surface area contributed by atoms with Crippen LogP contribution in [0.25, 0.3) is 0 Å². The van der Waals surface area contributed by atoms with E-state index in [0.29, 0.717) is 32.8 Å². The van der Waals surface area contributed by atoms with Gasteiger partial charge in [-0.1, -0.05) is 0 Å². The van der Waals surface area contributed by atoms with Crippen molar-refractivity contribution in [3.05, 3.63) is 138 Å². The van der Waals surface area contributed by atoms with Crippen molar-refractivity contribution in [2.75, 3.05) is 6.61 Å². The fourth-order valence-corrected chi connectivity index (χ4v) is 7.22. The van der Waals surface area contributed by atoms with Crippen LogP contribution in [0.2, 0.25) is 4.82 Å². The predicted octanol–water partition coefficient (Wildman–Crippen LogP) is 5.41. The third kappa shape index (κ3) is 7.21. The van der Waals surface area contributed by atoms with Gasteiger partial charge < -0.3 is 0 Å². The summed E-state index contributed by atoms with van der Waals surface area (Å²) in [5.41, 5.74) is 3.37. The Morgan fingerprint density at radius 3 is 1.82 bits per heavy atom. The summed E-state index contributed by atoms with van der Waals surface area (Å²) < 4.78 is 14.1. The Bertz CT molecular complexity index is 1250. The summed E-state index contributed by atoms with van der Waals surface area (Å²) in [7, 11) is 0. The number of nitrogens with zero attached hydrogens (tertiary/aromatic N) is 1. The number of hydrogen-bond acceptors (Lipinski definition) is 3. The summed E-state index contributed by atoms with van der Waals surface area (Å²) in [6.07, 6.45) is 0.577. The second-order valence-electron chi connectivity index (χ2n) is 9.51. The summed E-state index contributed by atoms with van der Waals surface area (Å²) in [6.45, 7) is 2.00. The number of likely N-dealkylation sites (tertiary alicyclic amines) is 1. The third-order valence-electron chi connectivity index (χ3n) is 6.76. The van der Waals surface area contributed by atoms with Gasteiger partial charge in [0.05, 0.1) is 0 Å². The van der Waals surface area contributed by atoms with Crippen LogP contribution in [-0.2, 0) is 34.0 Å². The average Bonchev–Trinajstić information content (AvgIpc) is 2.97. The van der Waals surface area contributed by atoms with E-state index in [-0.39, 0.29) is 37.8 Å². The Labute approximate surface area is 231 Å². The molecule has 1 heterocycles. The van der Waals surface area contributed by atoms with E-state index in [1.54, 1.807) is 0 Å². The molecule has 4 aromatic rings. The summed E-state index contributed by atoms with van der Waals surface area (Å²) in [4.78, 5) is 16.0. The van der Waals surface area contributed by atoms with E-state index >= 15 is 0 Å². The van der Waals surface area contributed by atoms with Gasteiger partial charge in [-0.2, -0.15) is 0 Å². The van der Waals surface area contributed by atoms with Crippen LogP contribution in [0, 0.1) is 0 Å². The topological polar surface area (TPSA) is 38.8 Å². The molecule has 1 aliphatic rings. The fraction of sp³-hybridized carbons (Fsp3) is 0.242. The van der Waals surface area contributed by atoms with Crippen LogP contribution in [0.5, 0.6) is 0 Å². The van der Waals surface area contributed by atoms with E-state index in [0.717, 1.165) is 16.7 Å². The van der Waals surface area contributed by atoms with Crippen molar-refractivity contribution in [1.29, 1.82) is 0 Å². The molecule has 4 aromatic carbocycles. The molecule has 0 spiro atoms. The number of piperidine rings is 1. The third-order valence-corrected chi connectivity index (χ3v) is 9.32. The van der Waals surface area contributed by atoms with E-state index in [4.69, 9.17) is 9.47 Å². The second kappa shape index (κ2) is 13.5. The predicted molar refractivity (Wildman–Crippen MR) is 152 cm³/mol. The van der Waals surface area contributed by atoms with E-state index in [1.165, 1.54) is 4.46 Å². The number of amides is 1. The van der Waals surface area contributed by atoms with Crippen molar-refractivity contribution in [3.8, 4) is 0 Å². The van der Waals surface area contributed by atoms with Crippen molar-refractivity contribution < 1.29 is 14.3 Å². The van der Waals surface area contributed by atoms with E-state index in [9.17, 15) is 4.79 Å². The van der Waals surface area contributed by atoms with Gasteiger partial charge in [-0.15, -0.1) is 0 Å². The van der Waals surface area contributed by atoms with Gasteiger partial charge >= 0.3 is 232 Å². The molecule has 1 amide bonds. The average molecular weight is 571 g/mol. The Balaban J connectivity index is 1.39. The zero-order valence-electron chi connectivity index (χ0n) is 21.4. The Morgan fingerprint density at radius 2 is 1.21 bits per heavy atom. The van der Waals surface area contributed by atoms with Crippen molar-refractivity contribution >= 4 is 25.3 Å². The van der Waals surface area contributed by atoms with Gasteiger partial charge in [-0.05, 0) is 0 Å². The molecule has 3 atom stereocenters. The van der Waals surface area contributed by atoms with Gasteiger partial charge in [0.15, 0.2) is 0 Å². The number of ether oxygens (including phenoxy) is 2. The fourth-order valence-electron chi connectivity index (χ4n) is 4.78. The van der Waals surface area contributed by atoms with Crippen LogP contribution < -0.4 is 4.46 Å². The molecular weight excluding hydrogens is 537 g/mol. The Hall–Kier alpha value is -3.21. The SMILES string of the molecule is O=C1C([Se]c2ccccc2)C[C@H](OCc2ccccc2)[C@@H](COCc2ccccc2)N1Cc1ccccc1. The van der Waals surface area contributed by atoms with Crippen LogP contribution in [0.4, 0.5) is 0 Å². The van der Waals surface area contributed by atoms with E-state index in [2.05, 4.69) is 60.7 Å². The maximum atomic E-state index is 14.0. The minimum absolute atomic E-state index is 0.0114. The molecule has 1 saturated heterocycles. The van der Waals surface area contributed by atoms with Gasteiger partial charge in [-0.3, -0.25) is 0 Å². The first kappa shape index (κ1) is 26.4. The molecule has 1 fully saturated rings. The first-order valence-corrected chi connectivity index (χ1v) is 14.9. The van der Waals surface area contributed by atoms with Crippen molar-refractivity contribution in [1.82, 2.24) is 4.90 Å². The second-order valence-corrected chi connectivity index (χ2v) is 12.2. The summed E-state index contributed by atoms with van der Waals surface area (Å²) >= 11 is 0.0114. The molecular formula is C33H33NO3Se. The zero-order valence-corrected chi connectivity index (χ0v) is 23.1. The first-order valence-electron chi connectivity index (χ1n) is 13.1. The minimum atomic E-state index is -0.169. The van der Waals surface area contributed by atoms with Crippen LogP contribution in [0.3, 0.4) is 0 Å². The molecule has 1 unspecified atom stereocenters. The molecule has 194 valence electrons. The summed E-state index contributed by atoms with van der Waals surface area (Å²) in [5.74, 6) is 0.200. The summed E-state index contributed by atoms with van der Waals surface area (Å²) in [6, 6.07) is 40.9. The van der Waals surface area contributed by atoms with E-state index in [1.807, 2.05) is 65.6 Å². The molecule has 0 aliphatic carbocycles. The molecule has 38 heavy (non-hydrogen) atoms. The van der Waals surface area contributed by atoms with Crippen molar-refractivity contribution in [3.63, 3.8) is 0 Å². The zero-order chi connectivity index (χ0) is 26.0. The van der Waals surface area contributed by atoms with Crippen LogP contribution >= 0.6 is 0 Å². The quantitative estimate of drug-likeness (QED) is 0.227. The first-order chi connectivity index (χ1) is 18.8. The van der Waals surface area contributed by atoms with Gasteiger partial charge in [0.25, 0.3) is 0 Å².